The molecular formula is C21H16F3N5O. The van der Waals surface area contributed by atoms with E-state index in [0.29, 0.717) is 28.3 Å². The molecule has 0 aliphatic heterocycles. The standard InChI is InChI=1S/C21H16F3N5O/c1-11-17(18-7-6-16-12(2)28-29-19(16)27-18)9-15(10-25-11)26-20(30)13-4-3-5-14(8-13)21(22,23)24/h3-10H,1-2H3,(H,26,30)(H,27,28,29). The van der Waals surface area contributed by atoms with Crippen molar-refractivity contribution in [2.24, 2.45) is 0 Å². The Kier molecular flexibility index (Phi) is 4.73. The average Bonchev–Trinajstić information content (AvgIpc) is 3.09. The summed E-state index contributed by atoms with van der Waals surface area (Å²) >= 11 is 0. The first-order valence-corrected chi connectivity index (χ1v) is 9.00. The number of aromatic nitrogens is 4. The van der Waals surface area contributed by atoms with E-state index < -0.39 is 17.6 Å². The van der Waals surface area contributed by atoms with Crippen LogP contribution in [0.5, 0.6) is 0 Å². The number of nitrogens with zero attached hydrogens (tertiary/aromatic N) is 3. The zero-order chi connectivity index (χ0) is 21.5. The number of aromatic amines is 1. The highest BCUT2D eigenvalue weighted by molar-refractivity contribution is 6.04. The van der Waals surface area contributed by atoms with Crippen molar-refractivity contribution in [3.63, 3.8) is 0 Å². The Morgan fingerprint density at radius 2 is 1.87 bits per heavy atom. The summed E-state index contributed by atoms with van der Waals surface area (Å²) in [6, 6.07) is 9.66. The summed E-state index contributed by atoms with van der Waals surface area (Å²) in [7, 11) is 0. The van der Waals surface area contributed by atoms with E-state index in [-0.39, 0.29) is 5.56 Å². The van der Waals surface area contributed by atoms with Gasteiger partial charge in [-0.05, 0) is 50.2 Å². The first kappa shape index (κ1) is 19.6. The van der Waals surface area contributed by atoms with Crippen LogP contribution in [0.3, 0.4) is 0 Å². The van der Waals surface area contributed by atoms with Crippen LogP contribution in [0.15, 0.2) is 48.7 Å². The van der Waals surface area contributed by atoms with Crippen LogP contribution in [-0.4, -0.2) is 26.1 Å². The predicted octanol–water partition coefficient (Wildman–Crippen LogP) is 4.91. The van der Waals surface area contributed by atoms with Crippen LogP contribution >= 0.6 is 0 Å². The van der Waals surface area contributed by atoms with Gasteiger partial charge >= 0.3 is 6.18 Å². The van der Waals surface area contributed by atoms with Gasteiger partial charge in [-0.15, -0.1) is 0 Å². The SMILES string of the molecule is Cc1ncc(NC(=O)c2cccc(C(F)(F)F)c2)cc1-c1ccc2c(C)n[nH]c2n1. The van der Waals surface area contributed by atoms with Crippen LogP contribution in [0.25, 0.3) is 22.3 Å². The fourth-order valence-electron chi connectivity index (χ4n) is 3.08. The number of hydrogen-bond acceptors (Lipinski definition) is 4. The zero-order valence-electron chi connectivity index (χ0n) is 16.0. The van der Waals surface area contributed by atoms with Crippen molar-refractivity contribution in [3.05, 3.63) is 71.2 Å². The highest BCUT2D eigenvalue weighted by atomic mass is 19.4. The molecule has 4 rings (SSSR count). The summed E-state index contributed by atoms with van der Waals surface area (Å²) in [6.45, 7) is 3.68. The van der Waals surface area contributed by atoms with Crippen molar-refractivity contribution in [3.8, 4) is 11.3 Å². The summed E-state index contributed by atoms with van der Waals surface area (Å²) in [5, 5.41) is 10.5. The van der Waals surface area contributed by atoms with Gasteiger partial charge in [0.2, 0.25) is 0 Å². The molecule has 6 nitrogen and oxygen atoms in total. The molecule has 0 atom stereocenters. The van der Waals surface area contributed by atoms with Crippen LogP contribution in [0.4, 0.5) is 18.9 Å². The van der Waals surface area contributed by atoms with Crippen LogP contribution in [-0.2, 0) is 6.18 Å². The first-order chi connectivity index (χ1) is 14.2. The number of halogens is 3. The third kappa shape index (κ3) is 3.73. The van der Waals surface area contributed by atoms with Crippen LogP contribution in [0.1, 0.15) is 27.3 Å². The molecule has 0 spiro atoms. The minimum Gasteiger partial charge on any atom is -0.321 e. The number of anilines is 1. The molecule has 0 saturated carbocycles. The fraction of sp³-hybridized carbons (Fsp3) is 0.143. The maximum Gasteiger partial charge on any atom is 0.416 e. The molecule has 0 bridgehead atoms. The first-order valence-electron chi connectivity index (χ1n) is 9.00. The molecule has 0 radical (unpaired) electrons. The second kappa shape index (κ2) is 7.25. The van der Waals surface area contributed by atoms with Gasteiger partial charge in [0.05, 0.1) is 28.8 Å². The number of pyridine rings is 2. The molecule has 1 amide bonds. The van der Waals surface area contributed by atoms with Gasteiger partial charge in [-0.1, -0.05) is 6.07 Å². The summed E-state index contributed by atoms with van der Waals surface area (Å²) in [4.78, 5) is 21.3. The highest BCUT2D eigenvalue weighted by Gasteiger charge is 2.30. The molecule has 152 valence electrons. The summed E-state index contributed by atoms with van der Waals surface area (Å²) < 4.78 is 38.7. The lowest BCUT2D eigenvalue weighted by Crippen LogP contribution is -2.14. The smallest absolute Gasteiger partial charge is 0.321 e. The van der Waals surface area contributed by atoms with Gasteiger partial charge in [-0.25, -0.2) is 4.98 Å². The number of fused-ring (bicyclic) bond motifs is 1. The maximum absolute atomic E-state index is 12.9. The molecule has 1 aromatic carbocycles. The lowest BCUT2D eigenvalue weighted by atomic mass is 10.1. The molecule has 9 heteroatoms. The molecule has 0 aliphatic rings. The van der Waals surface area contributed by atoms with E-state index in [1.54, 1.807) is 13.0 Å². The number of aryl methyl sites for hydroxylation is 2. The number of amides is 1. The molecule has 3 aromatic heterocycles. The number of benzene rings is 1. The third-order valence-electron chi connectivity index (χ3n) is 4.69. The molecular weight excluding hydrogens is 395 g/mol. The molecule has 3 heterocycles. The molecule has 0 saturated heterocycles. The van der Waals surface area contributed by atoms with Crippen LogP contribution in [0.2, 0.25) is 0 Å². The van der Waals surface area contributed by atoms with E-state index in [1.807, 2.05) is 19.1 Å². The number of carbonyl (C=O) groups is 1. The normalized spacial score (nSPS) is 11.6. The Labute approximate surface area is 169 Å². The zero-order valence-corrected chi connectivity index (χ0v) is 16.0. The van der Waals surface area contributed by atoms with Crippen molar-refractivity contribution in [2.45, 2.75) is 20.0 Å². The molecule has 4 aromatic rings. The van der Waals surface area contributed by atoms with Crippen molar-refractivity contribution >= 4 is 22.6 Å². The summed E-state index contributed by atoms with van der Waals surface area (Å²) in [5.41, 5.74) is 2.83. The van der Waals surface area contributed by atoms with E-state index >= 15 is 0 Å². The van der Waals surface area contributed by atoms with Crippen molar-refractivity contribution in [1.82, 2.24) is 20.2 Å². The van der Waals surface area contributed by atoms with Gasteiger partial charge in [0, 0.05) is 22.2 Å². The predicted molar refractivity (Wildman–Crippen MR) is 106 cm³/mol. The lowest BCUT2D eigenvalue weighted by Gasteiger charge is -2.11. The molecule has 0 aliphatic carbocycles. The highest BCUT2D eigenvalue weighted by Crippen LogP contribution is 2.30. The maximum atomic E-state index is 12.9. The lowest BCUT2D eigenvalue weighted by molar-refractivity contribution is -0.137. The summed E-state index contributed by atoms with van der Waals surface area (Å²) in [5.74, 6) is -0.662. The Morgan fingerprint density at radius 3 is 2.63 bits per heavy atom. The second-order valence-corrected chi connectivity index (χ2v) is 6.79. The van der Waals surface area contributed by atoms with E-state index in [9.17, 15) is 18.0 Å². The third-order valence-corrected chi connectivity index (χ3v) is 4.69. The van der Waals surface area contributed by atoms with Crippen LogP contribution in [0, 0.1) is 13.8 Å². The van der Waals surface area contributed by atoms with Crippen molar-refractivity contribution in [2.75, 3.05) is 5.32 Å². The van der Waals surface area contributed by atoms with Gasteiger partial charge in [0.15, 0.2) is 5.65 Å². The molecule has 0 fully saturated rings. The Hall–Kier alpha value is -3.75. The van der Waals surface area contributed by atoms with Gasteiger partial charge in [0.1, 0.15) is 0 Å². The quantitative estimate of drug-likeness (QED) is 0.502. The minimum absolute atomic E-state index is 0.0978. The van der Waals surface area contributed by atoms with Gasteiger partial charge in [-0.3, -0.25) is 14.9 Å². The average molecular weight is 411 g/mol. The number of rotatable bonds is 3. The van der Waals surface area contributed by atoms with Crippen molar-refractivity contribution in [1.29, 1.82) is 0 Å². The van der Waals surface area contributed by atoms with E-state index in [0.717, 1.165) is 23.2 Å². The number of H-pyrrole nitrogens is 1. The number of carbonyl (C=O) groups excluding carboxylic acids is 1. The molecule has 2 N–H and O–H groups in total. The Morgan fingerprint density at radius 1 is 1.07 bits per heavy atom. The van der Waals surface area contributed by atoms with E-state index in [2.05, 4.69) is 25.5 Å². The van der Waals surface area contributed by atoms with E-state index in [1.165, 1.54) is 18.3 Å². The number of alkyl halides is 3. The van der Waals surface area contributed by atoms with Crippen LogP contribution < -0.4 is 5.32 Å². The molecule has 0 unspecified atom stereocenters. The Balaban J connectivity index is 1.64. The topological polar surface area (TPSA) is 83.6 Å². The van der Waals surface area contributed by atoms with Gasteiger partial charge in [0.25, 0.3) is 5.91 Å². The second-order valence-electron chi connectivity index (χ2n) is 6.79. The Bertz CT molecular complexity index is 1260. The van der Waals surface area contributed by atoms with Crippen molar-refractivity contribution < 1.29 is 18.0 Å². The fourth-order valence-corrected chi connectivity index (χ4v) is 3.08. The summed E-state index contributed by atoms with van der Waals surface area (Å²) in [6.07, 6.45) is -3.08. The monoisotopic (exact) mass is 411 g/mol. The number of hydrogen-bond donors (Lipinski definition) is 2. The van der Waals surface area contributed by atoms with Gasteiger partial charge < -0.3 is 5.32 Å². The minimum atomic E-state index is -4.52. The molecule has 30 heavy (non-hydrogen) atoms. The number of nitrogens with one attached hydrogen (secondary N) is 2. The van der Waals surface area contributed by atoms with E-state index in [4.69, 9.17) is 0 Å². The largest absolute Gasteiger partial charge is 0.416 e. The van der Waals surface area contributed by atoms with Gasteiger partial charge in [-0.2, -0.15) is 18.3 Å².